The zero-order chi connectivity index (χ0) is 11.4. The summed E-state index contributed by atoms with van der Waals surface area (Å²) in [5.74, 6) is 0.293. The van der Waals surface area contributed by atoms with Crippen molar-refractivity contribution in [1.29, 1.82) is 0 Å². The lowest BCUT2D eigenvalue weighted by molar-refractivity contribution is -0.132. The normalized spacial score (nSPS) is 26.3. The maximum Gasteiger partial charge on any atom is 0.226 e. The Morgan fingerprint density at radius 1 is 1.19 bits per heavy atom. The Hall–Kier alpha value is -0.570. The Morgan fingerprint density at radius 3 is 2.44 bits per heavy atom. The van der Waals surface area contributed by atoms with Crippen molar-refractivity contribution in [2.24, 2.45) is 5.41 Å². The van der Waals surface area contributed by atoms with E-state index < -0.39 is 0 Å². The molecule has 92 valence electrons. The Balaban J connectivity index is 1.85. The van der Waals surface area contributed by atoms with Crippen molar-refractivity contribution in [3.05, 3.63) is 0 Å². The summed E-state index contributed by atoms with van der Waals surface area (Å²) in [5, 5.41) is 6.58. The maximum atomic E-state index is 12.2. The van der Waals surface area contributed by atoms with E-state index in [0.29, 0.717) is 11.9 Å². The van der Waals surface area contributed by atoms with Gasteiger partial charge in [0.2, 0.25) is 5.91 Å². The van der Waals surface area contributed by atoms with Crippen LogP contribution in [0.4, 0.5) is 0 Å². The Bertz CT molecular complexity index is 240. The van der Waals surface area contributed by atoms with Crippen LogP contribution in [0.2, 0.25) is 0 Å². The van der Waals surface area contributed by atoms with E-state index in [9.17, 15) is 4.79 Å². The van der Waals surface area contributed by atoms with Gasteiger partial charge in [-0.3, -0.25) is 4.79 Å². The minimum absolute atomic E-state index is 0.122. The lowest BCUT2D eigenvalue weighted by Crippen LogP contribution is -2.49. The SMILES string of the molecule is CC1(C(=O)NC2CCCCC2)CCNCC1. The number of hydrogen-bond donors (Lipinski definition) is 2. The molecule has 0 aromatic heterocycles. The highest BCUT2D eigenvalue weighted by molar-refractivity contribution is 5.82. The van der Waals surface area contributed by atoms with Crippen LogP contribution >= 0.6 is 0 Å². The fraction of sp³-hybridized carbons (Fsp3) is 0.923. The van der Waals surface area contributed by atoms with E-state index in [1.165, 1.54) is 32.1 Å². The molecule has 3 nitrogen and oxygen atoms in total. The fourth-order valence-corrected chi connectivity index (χ4v) is 2.81. The predicted molar refractivity (Wildman–Crippen MR) is 65.2 cm³/mol. The second kappa shape index (κ2) is 5.17. The van der Waals surface area contributed by atoms with Gasteiger partial charge in [-0.1, -0.05) is 26.2 Å². The van der Waals surface area contributed by atoms with Crippen molar-refractivity contribution >= 4 is 5.91 Å². The third kappa shape index (κ3) is 2.76. The summed E-state index contributed by atoms with van der Waals surface area (Å²) in [5.41, 5.74) is -0.122. The minimum Gasteiger partial charge on any atom is -0.353 e. The number of amides is 1. The monoisotopic (exact) mass is 224 g/mol. The summed E-state index contributed by atoms with van der Waals surface area (Å²) in [4.78, 5) is 12.2. The molecule has 1 heterocycles. The van der Waals surface area contributed by atoms with Gasteiger partial charge in [0.25, 0.3) is 0 Å². The van der Waals surface area contributed by atoms with E-state index in [1.54, 1.807) is 0 Å². The van der Waals surface area contributed by atoms with Crippen LogP contribution in [0.5, 0.6) is 0 Å². The van der Waals surface area contributed by atoms with Crippen molar-refractivity contribution in [3.63, 3.8) is 0 Å². The van der Waals surface area contributed by atoms with Gasteiger partial charge in [-0.15, -0.1) is 0 Å². The van der Waals surface area contributed by atoms with Crippen LogP contribution in [-0.2, 0) is 4.79 Å². The average Bonchev–Trinajstić information content (AvgIpc) is 2.31. The van der Waals surface area contributed by atoms with Gasteiger partial charge >= 0.3 is 0 Å². The van der Waals surface area contributed by atoms with Crippen LogP contribution in [0.15, 0.2) is 0 Å². The van der Waals surface area contributed by atoms with E-state index in [2.05, 4.69) is 17.6 Å². The molecule has 1 saturated heterocycles. The average molecular weight is 224 g/mol. The van der Waals surface area contributed by atoms with Crippen molar-refractivity contribution in [2.45, 2.75) is 57.9 Å². The third-order valence-electron chi connectivity index (χ3n) is 4.20. The quantitative estimate of drug-likeness (QED) is 0.751. The van der Waals surface area contributed by atoms with Gasteiger partial charge < -0.3 is 10.6 Å². The molecule has 3 heteroatoms. The molecule has 16 heavy (non-hydrogen) atoms. The van der Waals surface area contributed by atoms with E-state index >= 15 is 0 Å². The summed E-state index contributed by atoms with van der Waals surface area (Å²) in [6.45, 7) is 4.08. The first-order valence-corrected chi connectivity index (χ1v) is 6.72. The first-order valence-electron chi connectivity index (χ1n) is 6.72. The van der Waals surface area contributed by atoms with Gasteiger partial charge in [0.05, 0.1) is 0 Å². The molecule has 0 spiro atoms. The number of carbonyl (C=O) groups is 1. The van der Waals surface area contributed by atoms with Crippen LogP contribution < -0.4 is 10.6 Å². The molecule has 1 amide bonds. The molecule has 0 aromatic carbocycles. The number of piperidine rings is 1. The minimum atomic E-state index is -0.122. The first-order chi connectivity index (χ1) is 7.71. The Labute approximate surface area is 98.4 Å². The van der Waals surface area contributed by atoms with Crippen molar-refractivity contribution < 1.29 is 4.79 Å². The molecule has 0 bridgehead atoms. The van der Waals surface area contributed by atoms with Crippen LogP contribution in [0.3, 0.4) is 0 Å². The van der Waals surface area contributed by atoms with Gasteiger partial charge in [0, 0.05) is 11.5 Å². The molecule has 0 atom stereocenters. The van der Waals surface area contributed by atoms with Crippen LogP contribution in [0.1, 0.15) is 51.9 Å². The van der Waals surface area contributed by atoms with E-state index in [0.717, 1.165) is 25.9 Å². The third-order valence-corrected chi connectivity index (χ3v) is 4.20. The number of nitrogens with one attached hydrogen (secondary N) is 2. The topological polar surface area (TPSA) is 41.1 Å². The Morgan fingerprint density at radius 2 is 1.81 bits per heavy atom. The van der Waals surface area contributed by atoms with Gasteiger partial charge in [0.1, 0.15) is 0 Å². The summed E-state index contributed by atoms with van der Waals surface area (Å²) in [7, 11) is 0. The van der Waals surface area contributed by atoms with Gasteiger partial charge in [-0.2, -0.15) is 0 Å². The molecular formula is C13H24N2O. The largest absolute Gasteiger partial charge is 0.353 e. The molecule has 2 fully saturated rings. The molecule has 2 rings (SSSR count). The molecule has 1 aliphatic carbocycles. The zero-order valence-corrected chi connectivity index (χ0v) is 10.3. The molecule has 0 unspecified atom stereocenters. The first kappa shape index (κ1) is 11.9. The lowest BCUT2D eigenvalue weighted by atomic mass is 9.79. The van der Waals surface area contributed by atoms with Gasteiger partial charge in [-0.25, -0.2) is 0 Å². The molecule has 0 aromatic rings. The highest BCUT2D eigenvalue weighted by Gasteiger charge is 2.35. The highest BCUT2D eigenvalue weighted by Crippen LogP contribution is 2.29. The summed E-state index contributed by atoms with van der Waals surface area (Å²) < 4.78 is 0. The number of hydrogen-bond acceptors (Lipinski definition) is 2. The summed E-state index contributed by atoms with van der Waals surface area (Å²) in [6.07, 6.45) is 8.22. The summed E-state index contributed by atoms with van der Waals surface area (Å²) in [6, 6.07) is 0.452. The maximum absolute atomic E-state index is 12.2. The molecular weight excluding hydrogens is 200 g/mol. The second-order valence-electron chi connectivity index (χ2n) is 5.62. The number of rotatable bonds is 2. The summed E-state index contributed by atoms with van der Waals surface area (Å²) >= 11 is 0. The lowest BCUT2D eigenvalue weighted by Gasteiger charge is -2.35. The number of carbonyl (C=O) groups excluding carboxylic acids is 1. The van der Waals surface area contributed by atoms with Crippen molar-refractivity contribution in [2.75, 3.05) is 13.1 Å². The Kier molecular flexibility index (Phi) is 3.85. The zero-order valence-electron chi connectivity index (χ0n) is 10.3. The predicted octanol–water partition coefficient (Wildman–Crippen LogP) is 1.82. The standard InChI is InChI=1S/C13H24N2O/c1-13(7-9-14-10-8-13)12(16)15-11-5-3-2-4-6-11/h11,14H,2-10H2,1H3,(H,15,16). The highest BCUT2D eigenvalue weighted by atomic mass is 16.2. The van der Waals surface area contributed by atoms with Crippen LogP contribution in [0.25, 0.3) is 0 Å². The fourth-order valence-electron chi connectivity index (χ4n) is 2.81. The second-order valence-corrected chi connectivity index (χ2v) is 5.62. The molecule has 1 aliphatic heterocycles. The molecule has 1 saturated carbocycles. The van der Waals surface area contributed by atoms with E-state index in [4.69, 9.17) is 0 Å². The van der Waals surface area contributed by atoms with Gasteiger partial charge in [0.15, 0.2) is 0 Å². The van der Waals surface area contributed by atoms with E-state index in [1.807, 2.05) is 0 Å². The molecule has 2 N–H and O–H groups in total. The van der Waals surface area contributed by atoms with Gasteiger partial charge in [-0.05, 0) is 38.8 Å². The van der Waals surface area contributed by atoms with Crippen molar-refractivity contribution in [3.8, 4) is 0 Å². The molecule has 2 aliphatic rings. The van der Waals surface area contributed by atoms with Crippen LogP contribution in [0, 0.1) is 5.41 Å². The smallest absolute Gasteiger partial charge is 0.226 e. The van der Waals surface area contributed by atoms with Crippen LogP contribution in [-0.4, -0.2) is 25.0 Å². The van der Waals surface area contributed by atoms with Crippen molar-refractivity contribution in [1.82, 2.24) is 10.6 Å². The van der Waals surface area contributed by atoms with E-state index in [-0.39, 0.29) is 5.41 Å². The molecule has 0 radical (unpaired) electrons.